The summed E-state index contributed by atoms with van der Waals surface area (Å²) in [5.41, 5.74) is 5.62. The number of aliphatic hydroxyl groups is 1. The fourth-order valence-electron chi connectivity index (χ4n) is 4.58. The van der Waals surface area contributed by atoms with Crippen LogP contribution in [0.15, 0.2) is 81.5 Å². The van der Waals surface area contributed by atoms with Crippen molar-refractivity contribution in [1.82, 2.24) is 16.1 Å². The molecule has 3 aromatic carbocycles. The van der Waals surface area contributed by atoms with Crippen LogP contribution in [0, 0.1) is 0 Å². The van der Waals surface area contributed by atoms with Crippen LogP contribution in [0.4, 0.5) is 4.79 Å². The van der Waals surface area contributed by atoms with Gasteiger partial charge in [-0.3, -0.25) is 5.43 Å². The van der Waals surface area contributed by atoms with Crippen LogP contribution in [0.1, 0.15) is 43.5 Å². The number of nitrogens with one attached hydrogen (secondary N) is 3. The van der Waals surface area contributed by atoms with Crippen LogP contribution in [-0.2, 0) is 16.1 Å². The quantitative estimate of drug-likeness (QED) is 0.0750. The molecule has 4 rings (SSSR count). The standard InChI is InChI=1S/C33H37BrN4O8/c1-5-43-26-14-22(31-30(32(40)42-4)20(3)36-33(41)37-31)12-13-25(26)46-19-29(39)38-35-17-23-15-27(44-6-2)28(16-24(23)34)45-18-21-10-8-7-9-11-21/h7-17,29,31,38-39H,5-6,18-19H2,1-4H3,(H2,36,37,41)/b35-17-/t29-,31-/m1/s1. The van der Waals surface area contributed by atoms with Gasteiger partial charge in [-0.25, -0.2) is 9.59 Å². The van der Waals surface area contributed by atoms with Gasteiger partial charge in [0, 0.05) is 15.7 Å². The van der Waals surface area contributed by atoms with Crippen LogP contribution in [0.25, 0.3) is 0 Å². The van der Waals surface area contributed by atoms with Crippen LogP contribution >= 0.6 is 15.9 Å². The molecule has 0 unspecified atom stereocenters. The van der Waals surface area contributed by atoms with Crippen molar-refractivity contribution in [1.29, 1.82) is 0 Å². The summed E-state index contributed by atoms with van der Waals surface area (Å²) in [5, 5.41) is 20.0. The van der Waals surface area contributed by atoms with E-state index in [1.165, 1.54) is 7.11 Å². The van der Waals surface area contributed by atoms with Crippen molar-refractivity contribution in [3.8, 4) is 23.0 Å². The minimum absolute atomic E-state index is 0.162. The van der Waals surface area contributed by atoms with Crippen LogP contribution in [0.2, 0.25) is 0 Å². The molecule has 2 atom stereocenters. The largest absolute Gasteiger partial charge is 0.490 e. The van der Waals surface area contributed by atoms with Gasteiger partial charge < -0.3 is 39.4 Å². The summed E-state index contributed by atoms with van der Waals surface area (Å²) in [6.07, 6.45) is 0.378. The Morgan fingerprint density at radius 2 is 1.70 bits per heavy atom. The van der Waals surface area contributed by atoms with Gasteiger partial charge >= 0.3 is 12.0 Å². The van der Waals surface area contributed by atoms with Crippen molar-refractivity contribution in [3.63, 3.8) is 0 Å². The fourth-order valence-corrected chi connectivity index (χ4v) is 5.01. The lowest BCUT2D eigenvalue weighted by molar-refractivity contribution is -0.136. The number of ether oxygens (including phenoxy) is 5. The van der Waals surface area contributed by atoms with Crippen LogP contribution in [-0.4, -0.2) is 56.5 Å². The molecule has 0 bridgehead atoms. The lowest BCUT2D eigenvalue weighted by Gasteiger charge is -2.28. The number of urea groups is 1. The zero-order valence-electron chi connectivity index (χ0n) is 26.0. The lowest BCUT2D eigenvalue weighted by Crippen LogP contribution is -2.45. The molecule has 13 heteroatoms. The van der Waals surface area contributed by atoms with Crippen molar-refractivity contribution in [2.45, 2.75) is 39.6 Å². The molecular formula is C33H37BrN4O8. The summed E-state index contributed by atoms with van der Waals surface area (Å²) in [4.78, 5) is 24.6. The van der Waals surface area contributed by atoms with E-state index in [-0.39, 0.29) is 12.2 Å². The second-order valence-electron chi connectivity index (χ2n) is 9.94. The Balaban J connectivity index is 1.40. The number of carbonyl (C=O) groups excluding carboxylic acids is 2. The smallest absolute Gasteiger partial charge is 0.337 e. The normalized spacial score (nSPS) is 15.1. The third-order valence-electron chi connectivity index (χ3n) is 6.70. The summed E-state index contributed by atoms with van der Waals surface area (Å²) in [6, 6.07) is 17.2. The first-order chi connectivity index (χ1) is 22.2. The number of allylic oxidation sites excluding steroid dienone is 1. The van der Waals surface area contributed by atoms with Gasteiger partial charge in [0.2, 0.25) is 0 Å². The van der Waals surface area contributed by atoms with Crippen LogP contribution < -0.4 is 35.0 Å². The van der Waals surface area contributed by atoms with E-state index in [9.17, 15) is 14.7 Å². The minimum Gasteiger partial charge on any atom is -0.490 e. The van der Waals surface area contributed by atoms with E-state index < -0.39 is 24.3 Å². The van der Waals surface area contributed by atoms with Gasteiger partial charge in [-0.15, -0.1) is 0 Å². The molecule has 0 radical (unpaired) electrons. The molecule has 0 saturated heterocycles. The highest BCUT2D eigenvalue weighted by atomic mass is 79.9. The molecule has 0 fully saturated rings. The minimum atomic E-state index is -1.16. The summed E-state index contributed by atoms with van der Waals surface area (Å²) < 4.78 is 29.0. The van der Waals surface area contributed by atoms with Crippen molar-refractivity contribution in [2.75, 3.05) is 26.9 Å². The molecule has 0 aliphatic carbocycles. The lowest BCUT2D eigenvalue weighted by atomic mass is 9.95. The maximum Gasteiger partial charge on any atom is 0.337 e. The van der Waals surface area contributed by atoms with E-state index in [2.05, 4.69) is 37.1 Å². The molecule has 2 amide bonds. The summed E-state index contributed by atoms with van der Waals surface area (Å²) in [6.45, 7) is 6.35. The Bertz CT molecular complexity index is 1580. The number of amides is 2. The summed E-state index contributed by atoms with van der Waals surface area (Å²) in [7, 11) is 1.28. The second kappa shape index (κ2) is 16.5. The number of hydrogen-bond acceptors (Lipinski definition) is 10. The average molecular weight is 698 g/mol. The van der Waals surface area contributed by atoms with Gasteiger partial charge in [0.05, 0.1) is 38.2 Å². The number of methoxy groups -OCH3 is 1. The molecule has 0 spiro atoms. The van der Waals surface area contributed by atoms with E-state index in [0.29, 0.717) is 59.6 Å². The van der Waals surface area contributed by atoms with Crippen molar-refractivity contribution in [2.24, 2.45) is 5.10 Å². The Morgan fingerprint density at radius 3 is 2.39 bits per heavy atom. The fraction of sp³-hybridized carbons (Fsp3) is 0.303. The van der Waals surface area contributed by atoms with E-state index in [1.807, 2.05) is 50.2 Å². The maximum absolute atomic E-state index is 12.5. The first-order valence-corrected chi connectivity index (χ1v) is 15.4. The molecule has 46 heavy (non-hydrogen) atoms. The number of aliphatic hydroxyl groups excluding tert-OH is 1. The average Bonchev–Trinajstić information content (AvgIpc) is 3.04. The predicted octanol–water partition coefficient (Wildman–Crippen LogP) is 4.95. The number of carbonyl (C=O) groups is 2. The van der Waals surface area contributed by atoms with Crippen molar-refractivity contribution in [3.05, 3.63) is 93.1 Å². The van der Waals surface area contributed by atoms with E-state index in [4.69, 9.17) is 23.7 Å². The Morgan fingerprint density at radius 1 is 1.00 bits per heavy atom. The number of hydrazone groups is 1. The number of rotatable bonds is 15. The zero-order valence-corrected chi connectivity index (χ0v) is 27.6. The number of halogens is 1. The topological polar surface area (TPSA) is 149 Å². The van der Waals surface area contributed by atoms with Gasteiger partial charge in [0.1, 0.15) is 13.2 Å². The second-order valence-corrected chi connectivity index (χ2v) is 10.8. The molecule has 1 heterocycles. The highest BCUT2D eigenvalue weighted by Crippen LogP contribution is 2.36. The zero-order chi connectivity index (χ0) is 33.1. The highest BCUT2D eigenvalue weighted by Gasteiger charge is 2.32. The summed E-state index contributed by atoms with van der Waals surface area (Å²) >= 11 is 3.56. The number of esters is 1. The van der Waals surface area contributed by atoms with Crippen molar-refractivity contribution < 1.29 is 38.4 Å². The van der Waals surface area contributed by atoms with Gasteiger partial charge in [0.15, 0.2) is 29.2 Å². The molecule has 12 nitrogen and oxygen atoms in total. The summed E-state index contributed by atoms with van der Waals surface area (Å²) in [5.74, 6) is 1.30. The molecule has 1 aliphatic heterocycles. The number of benzene rings is 3. The third-order valence-corrected chi connectivity index (χ3v) is 7.39. The van der Waals surface area contributed by atoms with Gasteiger partial charge in [-0.05, 0) is 72.1 Å². The SMILES string of the molecule is CCOc1cc(/C=N\N[C@H](O)COc2ccc([C@H]3NC(=O)NC(C)=C3C(=O)OC)cc2OCC)c(Br)cc1OCc1ccccc1. The highest BCUT2D eigenvalue weighted by molar-refractivity contribution is 9.10. The maximum atomic E-state index is 12.5. The number of nitrogens with zero attached hydrogens (tertiary/aromatic N) is 1. The van der Waals surface area contributed by atoms with Gasteiger partial charge in [-0.1, -0.05) is 36.4 Å². The molecule has 0 aromatic heterocycles. The Labute approximate surface area is 275 Å². The number of hydrogen-bond donors (Lipinski definition) is 4. The van der Waals surface area contributed by atoms with Crippen molar-refractivity contribution >= 4 is 34.1 Å². The van der Waals surface area contributed by atoms with Gasteiger partial charge in [0.25, 0.3) is 0 Å². The first-order valence-electron chi connectivity index (χ1n) is 14.6. The Hall–Kier alpha value is -4.75. The van der Waals surface area contributed by atoms with E-state index >= 15 is 0 Å². The molecule has 0 saturated carbocycles. The van der Waals surface area contributed by atoms with E-state index in [0.717, 1.165) is 10.0 Å². The Kier molecular flexibility index (Phi) is 12.3. The van der Waals surface area contributed by atoms with Crippen LogP contribution in [0.3, 0.4) is 0 Å². The predicted molar refractivity (Wildman–Crippen MR) is 175 cm³/mol. The van der Waals surface area contributed by atoms with Crippen LogP contribution in [0.5, 0.6) is 23.0 Å². The molecule has 4 N–H and O–H groups in total. The monoisotopic (exact) mass is 696 g/mol. The first kappa shape index (κ1) is 34.1. The molecular weight excluding hydrogens is 660 g/mol. The molecule has 3 aromatic rings. The molecule has 1 aliphatic rings. The van der Waals surface area contributed by atoms with E-state index in [1.54, 1.807) is 37.4 Å². The van der Waals surface area contributed by atoms with Gasteiger partial charge in [-0.2, -0.15) is 5.10 Å². The molecule has 244 valence electrons. The third kappa shape index (κ3) is 8.92.